The molecule has 0 amide bonds. The van der Waals surface area contributed by atoms with Crippen LogP contribution in [0.15, 0.2) is 23.0 Å². The molecule has 0 spiro atoms. The molecule has 0 unspecified atom stereocenters. The minimum atomic E-state index is -4.49. The first kappa shape index (κ1) is 21.8. The van der Waals surface area contributed by atoms with Crippen LogP contribution in [-0.4, -0.2) is 40.1 Å². The van der Waals surface area contributed by atoms with Crippen LogP contribution < -0.4 is 10.9 Å². The van der Waals surface area contributed by atoms with Gasteiger partial charge in [0, 0.05) is 32.2 Å². The van der Waals surface area contributed by atoms with Crippen molar-refractivity contribution in [2.45, 2.75) is 64.8 Å². The molecule has 1 aliphatic heterocycles. The third-order valence-electron chi connectivity index (χ3n) is 5.67. The lowest BCUT2D eigenvalue weighted by atomic mass is 10.1. The van der Waals surface area contributed by atoms with Crippen LogP contribution in [0.3, 0.4) is 0 Å². The summed E-state index contributed by atoms with van der Waals surface area (Å²) in [4.78, 5) is 20.2. The molecule has 2 aromatic rings. The van der Waals surface area contributed by atoms with Gasteiger partial charge in [0.2, 0.25) is 0 Å². The molecule has 8 heteroatoms. The molecular weight excluding hydrogens is 381 g/mol. The lowest BCUT2D eigenvalue weighted by molar-refractivity contribution is -0.137. The Bertz CT molecular complexity index is 909. The second-order valence-corrected chi connectivity index (χ2v) is 7.73. The number of nitrogens with one attached hydrogen (secondary N) is 1. The van der Waals surface area contributed by atoms with Gasteiger partial charge in [-0.2, -0.15) is 13.2 Å². The fourth-order valence-electron chi connectivity index (χ4n) is 4.06. The van der Waals surface area contributed by atoms with E-state index in [0.717, 1.165) is 51.0 Å². The Morgan fingerprint density at radius 1 is 1.28 bits per heavy atom. The number of aromatic nitrogens is 2. The summed E-state index contributed by atoms with van der Waals surface area (Å²) in [5.41, 5.74) is -0.900. The van der Waals surface area contributed by atoms with Gasteiger partial charge in [0.1, 0.15) is 5.82 Å². The SMILES string of the molecule is CCC[C@H](c1nc2ccc(C(F)(F)F)cc2c(=O)n1CC)N1CCN[C@@H](C)CC1. The van der Waals surface area contributed by atoms with Gasteiger partial charge < -0.3 is 5.32 Å². The Kier molecular flexibility index (Phi) is 6.63. The average molecular weight is 410 g/mol. The first-order valence-corrected chi connectivity index (χ1v) is 10.3. The summed E-state index contributed by atoms with van der Waals surface area (Å²) in [7, 11) is 0. The number of nitrogens with zero attached hydrogens (tertiary/aromatic N) is 3. The van der Waals surface area contributed by atoms with Gasteiger partial charge in [-0.3, -0.25) is 14.3 Å². The van der Waals surface area contributed by atoms with Crippen LogP contribution in [0.5, 0.6) is 0 Å². The third-order valence-corrected chi connectivity index (χ3v) is 5.67. The molecule has 2 atom stereocenters. The number of benzene rings is 1. The molecule has 29 heavy (non-hydrogen) atoms. The summed E-state index contributed by atoms with van der Waals surface area (Å²) in [5, 5.41) is 3.50. The number of alkyl halides is 3. The van der Waals surface area contributed by atoms with Gasteiger partial charge >= 0.3 is 6.18 Å². The summed E-state index contributed by atoms with van der Waals surface area (Å²) < 4.78 is 40.9. The molecule has 3 rings (SSSR count). The zero-order valence-corrected chi connectivity index (χ0v) is 17.2. The molecular formula is C21H29F3N4O. The van der Waals surface area contributed by atoms with Crippen molar-refractivity contribution >= 4 is 10.9 Å². The maximum Gasteiger partial charge on any atom is 0.416 e. The molecule has 0 saturated carbocycles. The van der Waals surface area contributed by atoms with Crippen LogP contribution in [0, 0.1) is 0 Å². The molecule has 1 saturated heterocycles. The number of rotatable bonds is 5. The van der Waals surface area contributed by atoms with Gasteiger partial charge in [0.05, 0.1) is 22.5 Å². The summed E-state index contributed by atoms with van der Waals surface area (Å²) in [5.74, 6) is 0.654. The van der Waals surface area contributed by atoms with E-state index in [2.05, 4.69) is 24.1 Å². The van der Waals surface area contributed by atoms with Gasteiger partial charge in [-0.25, -0.2) is 4.98 Å². The molecule has 1 N–H and O–H groups in total. The fourth-order valence-corrected chi connectivity index (χ4v) is 4.06. The lowest BCUT2D eigenvalue weighted by Crippen LogP contribution is -2.37. The van der Waals surface area contributed by atoms with E-state index >= 15 is 0 Å². The van der Waals surface area contributed by atoms with Crippen molar-refractivity contribution in [3.05, 3.63) is 39.9 Å². The third kappa shape index (κ3) is 4.64. The number of hydrogen-bond acceptors (Lipinski definition) is 4. The van der Waals surface area contributed by atoms with Crippen LogP contribution in [0.2, 0.25) is 0 Å². The molecule has 1 aliphatic rings. The predicted octanol–water partition coefficient (Wildman–Crippen LogP) is 3.96. The molecule has 160 valence electrons. The van der Waals surface area contributed by atoms with E-state index < -0.39 is 17.3 Å². The van der Waals surface area contributed by atoms with Crippen molar-refractivity contribution in [1.29, 1.82) is 0 Å². The van der Waals surface area contributed by atoms with Crippen LogP contribution in [0.4, 0.5) is 13.2 Å². The first-order chi connectivity index (χ1) is 13.8. The highest BCUT2D eigenvalue weighted by molar-refractivity contribution is 5.78. The van der Waals surface area contributed by atoms with Gasteiger partial charge in [0.15, 0.2) is 0 Å². The summed E-state index contributed by atoms with van der Waals surface area (Å²) in [6.07, 6.45) is -1.72. The predicted molar refractivity (Wildman–Crippen MR) is 108 cm³/mol. The van der Waals surface area contributed by atoms with E-state index in [9.17, 15) is 18.0 Å². The molecule has 1 fully saturated rings. The van der Waals surface area contributed by atoms with Crippen LogP contribution in [-0.2, 0) is 12.7 Å². The van der Waals surface area contributed by atoms with E-state index in [-0.39, 0.29) is 11.4 Å². The Morgan fingerprint density at radius 3 is 2.69 bits per heavy atom. The lowest BCUT2D eigenvalue weighted by Gasteiger charge is -2.31. The Labute approximate surface area is 168 Å². The molecule has 1 aromatic carbocycles. The van der Waals surface area contributed by atoms with Crippen molar-refractivity contribution in [2.24, 2.45) is 0 Å². The zero-order chi connectivity index (χ0) is 21.2. The second-order valence-electron chi connectivity index (χ2n) is 7.73. The van der Waals surface area contributed by atoms with Gasteiger partial charge in [0.25, 0.3) is 5.56 Å². The van der Waals surface area contributed by atoms with E-state index in [1.54, 1.807) is 4.57 Å². The van der Waals surface area contributed by atoms with Gasteiger partial charge in [-0.05, 0) is 44.9 Å². The molecule has 1 aromatic heterocycles. The quantitative estimate of drug-likeness (QED) is 0.811. The molecule has 0 bridgehead atoms. The normalized spacial score (nSPS) is 20.0. The fraction of sp³-hybridized carbons (Fsp3) is 0.619. The van der Waals surface area contributed by atoms with Crippen LogP contribution in [0.25, 0.3) is 10.9 Å². The van der Waals surface area contributed by atoms with E-state index in [1.165, 1.54) is 6.07 Å². The maximum atomic E-state index is 13.1. The van der Waals surface area contributed by atoms with E-state index in [1.807, 2.05) is 6.92 Å². The standard InChI is InChI=1S/C21H29F3N4O/c1-4-6-18(27-11-9-14(3)25-10-12-27)19-26-17-8-7-15(21(22,23)24)13-16(17)20(29)28(19)5-2/h7-8,13-14,18,25H,4-6,9-12H2,1-3H3/t14-,18+/m0/s1. The Morgan fingerprint density at radius 2 is 2.03 bits per heavy atom. The van der Waals surface area contributed by atoms with Crippen LogP contribution >= 0.6 is 0 Å². The average Bonchev–Trinajstić information content (AvgIpc) is 2.89. The molecule has 0 aliphatic carbocycles. The van der Waals surface area contributed by atoms with Gasteiger partial charge in [-0.15, -0.1) is 0 Å². The highest BCUT2D eigenvalue weighted by Gasteiger charge is 2.32. The topological polar surface area (TPSA) is 50.2 Å². The Hall–Kier alpha value is -1.93. The highest BCUT2D eigenvalue weighted by Crippen LogP contribution is 2.31. The van der Waals surface area contributed by atoms with Crippen molar-refractivity contribution < 1.29 is 13.2 Å². The highest BCUT2D eigenvalue weighted by atomic mass is 19.4. The van der Waals surface area contributed by atoms with Crippen molar-refractivity contribution in [3.63, 3.8) is 0 Å². The van der Waals surface area contributed by atoms with E-state index in [0.29, 0.717) is 23.9 Å². The van der Waals surface area contributed by atoms with Gasteiger partial charge in [-0.1, -0.05) is 13.3 Å². The van der Waals surface area contributed by atoms with Crippen LogP contribution in [0.1, 0.15) is 57.5 Å². The molecule has 5 nitrogen and oxygen atoms in total. The maximum absolute atomic E-state index is 13.1. The number of fused-ring (bicyclic) bond motifs is 1. The number of halogens is 3. The van der Waals surface area contributed by atoms with Crippen molar-refractivity contribution in [3.8, 4) is 0 Å². The minimum absolute atomic E-state index is 0.0202. The summed E-state index contributed by atoms with van der Waals surface area (Å²) >= 11 is 0. The van der Waals surface area contributed by atoms with Crippen molar-refractivity contribution in [2.75, 3.05) is 19.6 Å². The second kappa shape index (κ2) is 8.83. The van der Waals surface area contributed by atoms with E-state index in [4.69, 9.17) is 4.98 Å². The minimum Gasteiger partial charge on any atom is -0.313 e. The first-order valence-electron chi connectivity index (χ1n) is 10.3. The largest absolute Gasteiger partial charge is 0.416 e. The monoisotopic (exact) mass is 410 g/mol. The summed E-state index contributed by atoms with van der Waals surface area (Å²) in [6.45, 7) is 9.06. The van der Waals surface area contributed by atoms with Crippen molar-refractivity contribution in [1.82, 2.24) is 19.8 Å². The molecule has 0 radical (unpaired) electrons. The summed E-state index contributed by atoms with van der Waals surface area (Å²) in [6, 6.07) is 3.64. The smallest absolute Gasteiger partial charge is 0.313 e. The molecule has 2 heterocycles. The number of hydrogen-bond donors (Lipinski definition) is 1. The Balaban J connectivity index is 2.11. The zero-order valence-electron chi connectivity index (χ0n) is 17.2.